The molecule has 0 aliphatic heterocycles. The summed E-state index contributed by atoms with van der Waals surface area (Å²) < 4.78 is 24.1. The Labute approximate surface area is 162 Å². The van der Waals surface area contributed by atoms with Crippen LogP contribution in [0.5, 0.6) is 0 Å². The van der Waals surface area contributed by atoms with Crippen LogP contribution in [0.3, 0.4) is 0 Å². The fourth-order valence-electron chi connectivity index (χ4n) is 3.07. The summed E-state index contributed by atoms with van der Waals surface area (Å²) in [6.45, 7) is 1.73. The van der Waals surface area contributed by atoms with E-state index in [-0.39, 0.29) is 0 Å². The monoisotopic (exact) mass is 421 g/mol. The largest absolute Gasteiger partial charge is 0.778 e. The third-order valence-electron chi connectivity index (χ3n) is 4.63. The van der Waals surface area contributed by atoms with E-state index in [9.17, 15) is 23.8 Å². The van der Waals surface area contributed by atoms with Crippen molar-refractivity contribution in [2.75, 3.05) is 0 Å². The molecule has 0 saturated heterocycles. The van der Waals surface area contributed by atoms with E-state index in [1.54, 1.807) is 12.3 Å². The third-order valence-corrected chi connectivity index (χ3v) is 8.26. The minimum Gasteiger partial charge on any atom is -0.778 e. The van der Waals surface area contributed by atoms with Crippen LogP contribution < -0.4 is 9.46 Å². The molecule has 0 spiro atoms. The second kappa shape index (κ2) is 12.1. The Morgan fingerprint density at radius 1 is 1.00 bits per heavy atom. The molecule has 0 bridgehead atoms. The molecule has 1 aromatic rings. The molecule has 156 valence electrons. The van der Waals surface area contributed by atoms with Crippen molar-refractivity contribution in [3.05, 3.63) is 30.1 Å². The van der Waals surface area contributed by atoms with Crippen molar-refractivity contribution in [3.63, 3.8) is 0 Å². The molecule has 3 N–H and O–H groups in total. The van der Waals surface area contributed by atoms with Crippen molar-refractivity contribution in [2.45, 2.75) is 83.1 Å². The van der Waals surface area contributed by atoms with Crippen molar-refractivity contribution in [3.8, 4) is 0 Å². The molecular formula is C18H33NO6P2. The quantitative estimate of drug-likeness (QED) is 0.241. The lowest BCUT2D eigenvalue weighted by Crippen LogP contribution is -2.40. The van der Waals surface area contributed by atoms with E-state index in [0.717, 1.165) is 24.8 Å². The van der Waals surface area contributed by atoms with Crippen molar-refractivity contribution < 1.29 is 33.3 Å². The Kier molecular flexibility index (Phi) is 11.0. The molecule has 27 heavy (non-hydrogen) atoms. The van der Waals surface area contributed by atoms with Gasteiger partial charge in [-0.15, -0.1) is 0 Å². The van der Waals surface area contributed by atoms with Crippen LogP contribution in [0.4, 0.5) is 0 Å². The van der Waals surface area contributed by atoms with Gasteiger partial charge in [0.15, 0.2) is 31.9 Å². The highest BCUT2D eigenvalue weighted by Gasteiger charge is 2.40. The maximum Gasteiger partial charge on any atom is 0.343 e. The Hall–Kier alpha value is -0.550. The minimum absolute atomic E-state index is 0.479. The fourth-order valence-corrected chi connectivity index (χ4v) is 5.38. The summed E-state index contributed by atoms with van der Waals surface area (Å²) in [5.41, 5.74) is 0.976. The lowest BCUT2D eigenvalue weighted by molar-refractivity contribution is -0.695. The number of aryl methyl sites for hydroxylation is 1. The van der Waals surface area contributed by atoms with E-state index in [4.69, 9.17) is 4.89 Å². The van der Waals surface area contributed by atoms with Gasteiger partial charge in [-0.3, -0.25) is 4.57 Å². The molecule has 2 unspecified atom stereocenters. The van der Waals surface area contributed by atoms with Crippen LogP contribution in [0, 0.1) is 0 Å². The topological polar surface area (TPSA) is 122 Å². The Morgan fingerprint density at radius 2 is 1.56 bits per heavy atom. The lowest BCUT2D eigenvalue weighted by atomic mass is 10.0. The highest BCUT2D eigenvalue weighted by molar-refractivity contribution is 7.70. The molecule has 9 heteroatoms. The first-order valence-corrected chi connectivity index (χ1v) is 13.0. The van der Waals surface area contributed by atoms with Gasteiger partial charge in [0.1, 0.15) is 0 Å². The zero-order valence-corrected chi connectivity index (χ0v) is 17.9. The second-order valence-electron chi connectivity index (χ2n) is 7.12. The maximum absolute atomic E-state index is 11.4. The highest BCUT2D eigenvalue weighted by atomic mass is 31.2. The van der Waals surface area contributed by atoms with Gasteiger partial charge in [-0.05, 0) is 18.9 Å². The number of pyridine rings is 1. The number of hydrogen-bond acceptors (Lipinski definition) is 3. The van der Waals surface area contributed by atoms with E-state index < -0.39 is 27.1 Å². The van der Waals surface area contributed by atoms with Crippen LogP contribution in [0.2, 0.25) is 0 Å². The Balaban J connectivity index is 2.43. The lowest BCUT2D eigenvalue weighted by Gasteiger charge is -2.25. The van der Waals surface area contributed by atoms with Gasteiger partial charge in [0.2, 0.25) is 0 Å². The first-order valence-electron chi connectivity index (χ1n) is 9.71. The van der Waals surface area contributed by atoms with E-state index in [2.05, 4.69) is 6.92 Å². The number of rotatable bonds is 14. The summed E-state index contributed by atoms with van der Waals surface area (Å²) in [5, 5.41) is -2.13. The van der Waals surface area contributed by atoms with Crippen LogP contribution in [0.25, 0.3) is 0 Å². The Bertz CT molecular complexity index is 620. The summed E-state index contributed by atoms with van der Waals surface area (Å²) in [6.07, 6.45) is 15.1. The second-order valence-corrected chi connectivity index (χ2v) is 11.1. The number of aromatic nitrogens is 1. The minimum atomic E-state index is -5.16. The normalized spacial score (nSPS) is 15.4. The summed E-state index contributed by atoms with van der Waals surface area (Å²) in [6, 6.07) is 3.62. The fraction of sp³-hybridized carbons (Fsp3) is 0.722. The first kappa shape index (κ1) is 24.5. The van der Waals surface area contributed by atoms with Gasteiger partial charge in [-0.1, -0.05) is 58.3 Å². The summed E-state index contributed by atoms with van der Waals surface area (Å²) >= 11 is 0. The smallest absolute Gasteiger partial charge is 0.343 e. The number of hydrogen-bond donors (Lipinski definition) is 3. The zero-order chi connectivity index (χ0) is 20.3. The molecular weight excluding hydrogens is 388 g/mol. The van der Waals surface area contributed by atoms with Gasteiger partial charge in [-0.25, -0.2) is 4.57 Å². The molecule has 1 heterocycles. The molecule has 0 amide bonds. The molecule has 0 radical (unpaired) electrons. The van der Waals surface area contributed by atoms with Gasteiger partial charge in [0.25, 0.3) is 0 Å². The van der Waals surface area contributed by atoms with Crippen molar-refractivity contribution >= 4 is 15.2 Å². The third kappa shape index (κ3) is 10.5. The Morgan fingerprint density at radius 3 is 2.07 bits per heavy atom. The van der Waals surface area contributed by atoms with Crippen LogP contribution in [-0.4, -0.2) is 20.1 Å². The van der Waals surface area contributed by atoms with Gasteiger partial charge in [0.05, 0.1) is 0 Å². The standard InChI is InChI=1S/C18H33NO6P2/c1-2-3-4-5-6-7-8-9-10-12-17-13-11-14-19(15-17)16-18(26(20,21)22)27(23,24)25/h11,13-15,18H,2-10,12,16H2,1H3,(H3-,20,21,22,23,24,25). The van der Waals surface area contributed by atoms with Crippen molar-refractivity contribution in [2.24, 2.45) is 0 Å². The zero-order valence-electron chi connectivity index (χ0n) is 16.1. The van der Waals surface area contributed by atoms with Gasteiger partial charge < -0.3 is 24.1 Å². The summed E-state index contributed by atoms with van der Waals surface area (Å²) in [7, 11) is -10.1. The molecule has 2 atom stereocenters. The van der Waals surface area contributed by atoms with Crippen LogP contribution in [0.1, 0.15) is 70.3 Å². The van der Waals surface area contributed by atoms with Crippen molar-refractivity contribution in [1.82, 2.24) is 0 Å². The molecule has 0 saturated carbocycles. The molecule has 0 fully saturated rings. The van der Waals surface area contributed by atoms with Gasteiger partial charge in [0, 0.05) is 11.6 Å². The van der Waals surface area contributed by atoms with Crippen LogP contribution in [0.15, 0.2) is 24.5 Å². The average molecular weight is 421 g/mol. The maximum atomic E-state index is 11.4. The molecule has 0 aliphatic carbocycles. The van der Waals surface area contributed by atoms with E-state index >= 15 is 0 Å². The van der Waals surface area contributed by atoms with Crippen molar-refractivity contribution in [1.29, 1.82) is 0 Å². The van der Waals surface area contributed by atoms with E-state index in [1.165, 1.54) is 55.7 Å². The van der Waals surface area contributed by atoms with Gasteiger partial charge >= 0.3 is 7.60 Å². The average Bonchev–Trinajstić information content (AvgIpc) is 2.57. The van der Waals surface area contributed by atoms with Crippen LogP contribution >= 0.6 is 15.2 Å². The van der Waals surface area contributed by atoms with E-state index in [1.807, 2.05) is 6.07 Å². The molecule has 0 aliphatic rings. The number of nitrogens with zero attached hydrogens (tertiary/aromatic N) is 1. The highest BCUT2D eigenvalue weighted by Crippen LogP contribution is 2.57. The number of unbranched alkanes of at least 4 members (excludes halogenated alkanes) is 8. The molecule has 7 nitrogen and oxygen atoms in total. The molecule has 1 rings (SSSR count). The van der Waals surface area contributed by atoms with Gasteiger partial charge in [-0.2, -0.15) is 0 Å². The predicted octanol–water partition coefficient (Wildman–Crippen LogP) is 3.10. The predicted molar refractivity (Wildman–Crippen MR) is 103 cm³/mol. The van der Waals surface area contributed by atoms with Crippen LogP contribution in [-0.2, 0) is 22.1 Å². The molecule has 0 aromatic carbocycles. The molecule has 1 aromatic heterocycles. The summed E-state index contributed by atoms with van der Waals surface area (Å²) in [4.78, 5) is 38.8. The SMILES string of the molecule is CCCCCCCCCCCc1ccc[n+](CC(P(=O)([O-])O)P(=O)(O)O)c1. The van der Waals surface area contributed by atoms with E-state index in [0.29, 0.717) is 0 Å². The summed E-state index contributed by atoms with van der Waals surface area (Å²) in [5.74, 6) is 0. The first-order chi connectivity index (χ1) is 12.6.